The lowest BCUT2D eigenvalue weighted by Crippen LogP contribution is -2.46. The normalized spacial score (nSPS) is 21.7. The van der Waals surface area contributed by atoms with E-state index in [0.29, 0.717) is 6.04 Å². The van der Waals surface area contributed by atoms with Gasteiger partial charge in [-0.15, -0.1) is 0 Å². The number of nitrogens with one attached hydrogen (secondary N) is 1. The summed E-state index contributed by atoms with van der Waals surface area (Å²) in [4.78, 5) is 2.38. The summed E-state index contributed by atoms with van der Waals surface area (Å²) in [6.45, 7) is 4.92. The standard InChI is InChI=1S/C10H22N4O/c1-7(14(3)9-4-5-9)6-12-8(2)10(11)13-15/h7-9,12,15H,4-6H2,1-3H3,(H2,11,13). The summed E-state index contributed by atoms with van der Waals surface area (Å²) in [5.41, 5.74) is 5.47. The van der Waals surface area contributed by atoms with E-state index in [1.165, 1.54) is 12.8 Å². The Bertz CT molecular complexity index is 227. The highest BCUT2D eigenvalue weighted by Gasteiger charge is 2.29. The summed E-state index contributed by atoms with van der Waals surface area (Å²) in [7, 11) is 2.15. The summed E-state index contributed by atoms with van der Waals surface area (Å²) in [6.07, 6.45) is 2.63. The van der Waals surface area contributed by atoms with Crippen LogP contribution < -0.4 is 11.1 Å². The highest BCUT2D eigenvalue weighted by molar-refractivity contribution is 5.84. The van der Waals surface area contributed by atoms with Crippen molar-refractivity contribution in [3.05, 3.63) is 0 Å². The minimum Gasteiger partial charge on any atom is -0.409 e. The van der Waals surface area contributed by atoms with Crippen molar-refractivity contribution in [1.82, 2.24) is 10.2 Å². The number of rotatable bonds is 6. The number of hydrogen-bond acceptors (Lipinski definition) is 4. The zero-order valence-electron chi connectivity index (χ0n) is 9.77. The molecule has 0 aliphatic heterocycles. The summed E-state index contributed by atoms with van der Waals surface area (Å²) < 4.78 is 0. The first-order valence-corrected chi connectivity index (χ1v) is 5.49. The number of oxime groups is 1. The van der Waals surface area contributed by atoms with Crippen molar-refractivity contribution in [2.75, 3.05) is 13.6 Å². The van der Waals surface area contributed by atoms with Gasteiger partial charge in [-0.05, 0) is 33.7 Å². The first kappa shape index (κ1) is 12.3. The summed E-state index contributed by atoms with van der Waals surface area (Å²) in [6, 6.07) is 1.16. The van der Waals surface area contributed by atoms with Crippen LogP contribution in [0.1, 0.15) is 26.7 Å². The van der Waals surface area contributed by atoms with E-state index in [4.69, 9.17) is 10.9 Å². The van der Waals surface area contributed by atoms with Gasteiger partial charge in [-0.25, -0.2) is 0 Å². The molecule has 0 aromatic carbocycles. The molecule has 0 spiro atoms. The van der Waals surface area contributed by atoms with Gasteiger partial charge in [0.25, 0.3) is 0 Å². The Morgan fingerprint density at radius 3 is 2.67 bits per heavy atom. The van der Waals surface area contributed by atoms with E-state index in [1.807, 2.05) is 6.92 Å². The van der Waals surface area contributed by atoms with Crippen molar-refractivity contribution < 1.29 is 5.21 Å². The molecule has 0 aromatic rings. The quantitative estimate of drug-likeness (QED) is 0.255. The molecule has 0 heterocycles. The second-order valence-electron chi connectivity index (χ2n) is 4.40. The smallest absolute Gasteiger partial charge is 0.156 e. The van der Waals surface area contributed by atoms with Crippen molar-refractivity contribution in [1.29, 1.82) is 0 Å². The molecule has 0 radical (unpaired) electrons. The molecule has 5 nitrogen and oxygen atoms in total. The first-order valence-electron chi connectivity index (χ1n) is 5.49. The Balaban J connectivity index is 2.23. The highest BCUT2D eigenvalue weighted by Crippen LogP contribution is 2.26. The molecule has 1 aliphatic rings. The summed E-state index contributed by atoms with van der Waals surface area (Å²) in [5, 5.41) is 14.7. The van der Waals surface area contributed by atoms with Crippen LogP contribution in [0, 0.1) is 0 Å². The second-order valence-corrected chi connectivity index (χ2v) is 4.40. The van der Waals surface area contributed by atoms with Gasteiger partial charge in [-0.1, -0.05) is 5.16 Å². The maximum Gasteiger partial charge on any atom is 0.156 e. The van der Waals surface area contributed by atoms with Crippen LogP contribution in [0.3, 0.4) is 0 Å². The fourth-order valence-electron chi connectivity index (χ4n) is 1.52. The van der Waals surface area contributed by atoms with Crippen molar-refractivity contribution in [2.24, 2.45) is 10.9 Å². The van der Waals surface area contributed by atoms with Gasteiger partial charge in [0.1, 0.15) is 0 Å². The van der Waals surface area contributed by atoms with E-state index in [2.05, 4.69) is 29.3 Å². The van der Waals surface area contributed by atoms with Crippen molar-refractivity contribution >= 4 is 5.84 Å². The van der Waals surface area contributed by atoms with E-state index in [1.54, 1.807) is 0 Å². The SMILES string of the molecule is CC(NCC(C)N(C)C1CC1)C(N)=NO. The molecule has 0 amide bonds. The van der Waals surface area contributed by atoms with Crippen LogP contribution in [-0.4, -0.2) is 47.7 Å². The third-order valence-corrected chi connectivity index (χ3v) is 3.10. The molecule has 4 N–H and O–H groups in total. The van der Waals surface area contributed by atoms with Gasteiger partial charge in [0.2, 0.25) is 0 Å². The zero-order chi connectivity index (χ0) is 11.4. The van der Waals surface area contributed by atoms with E-state index in [-0.39, 0.29) is 11.9 Å². The largest absolute Gasteiger partial charge is 0.409 e. The van der Waals surface area contributed by atoms with Gasteiger partial charge < -0.3 is 16.3 Å². The minimum absolute atomic E-state index is 0.0787. The zero-order valence-corrected chi connectivity index (χ0v) is 9.77. The lowest BCUT2D eigenvalue weighted by atomic mass is 10.2. The molecule has 2 unspecified atom stereocenters. The molecule has 1 rings (SSSR count). The maximum absolute atomic E-state index is 8.49. The van der Waals surface area contributed by atoms with E-state index in [9.17, 15) is 0 Å². The van der Waals surface area contributed by atoms with Crippen LogP contribution in [-0.2, 0) is 0 Å². The average molecular weight is 214 g/mol. The molecule has 0 saturated heterocycles. The molecule has 15 heavy (non-hydrogen) atoms. The third kappa shape index (κ3) is 3.68. The number of hydrogen-bond donors (Lipinski definition) is 3. The molecule has 5 heteroatoms. The Labute approximate surface area is 91.3 Å². The minimum atomic E-state index is -0.0787. The number of amidine groups is 1. The molecule has 2 atom stereocenters. The monoisotopic (exact) mass is 214 g/mol. The van der Waals surface area contributed by atoms with Gasteiger partial charge in [-0.2, -0.15) is 0 Å². The van der Waals surface area contributed by atoms with Crippen molar-refractivity contribution in [3.63, 3.8) is 0 Å². The van der Waals surface area contributed by atoms with Crippen LogP contribution in [0.2, 0.25) is 0 Å². The van der Waals surface area contributed by atoms with Gasteiger partial charge in [0.05, 0.1) is 6.04 Å². The Kier molecular flexibility index (Phi) is 4.35. The van der Waals surface area contributed by atoms with E-state index in [0.717, 1.165) is 12.6 Å². The summed E-state index contributed by atoms with van der Waals surface area (Å²) in [5.74, 6) is 0.233. The summed E-state index contributed by atoms with van der Waals surface area (Å²) >= 11 is 0. The van der Waals surface area contributed by atoms with E-state index < -0.39 is 0 Å². The molecule has 0 aromatic heterocycles. The van der Waals surface area contributed by atoms with Gasteiger partial charge in [-0.3, -0.25) is 4.90 Å². The molecule has 1 aliphatic carbocycles. The predicted molar refractivity (Wildman–Crippen MR) is 61.1 cm³/mol. The molecule has 1 fully saturated rings. The van der Waals surface area contributed by atoms with Crippen molar-refractivity contribution in [3.8, 4) is 0 Å². The Morgan fingerprint density at radius 2 is 2.20 bits per heavy atom. The topological polar surface area (TPSA) is 73.9 Å². The van der Waals surface area contributed by atoms with E-state index >= 15 is 0 Å². The van der Waals surface area contributed by atoms with Crippen LogP contribution in [0.5, 0.6) is 0 Å². The van der Waals surface area contributed by atoms with Gasteiger partial charge >= 0.3 is 0 Å². The molecular formula is C10H22N4O. The Hall–Kier alpha value is -0.810. The van der Waals surface area contributed by atoms with Crippen LogP contribution in [0.25, 0.3) is 0 Å². The van der Waals surface area contributed by atoms with Crippen LogP contribution in [0.15, 0.2) is 5.16 Å². The molecule has 88 valence electrons. The van der Waals surface area contributed by atoms with Crippen LogP contribution >= 0.6 is 0 Å². The van der Waals surface area contributed by atoms with Gasteiger partial charge in [0, 0.05) is 18.6 Å². The molecular weight excluding hydrogens is 192 g/mol. The van der Waals surface area contributed by atoms with Crippen molar-refractivity contribution in [2.45, 2.75) is 44.8 Å². The second kappa shape index (κ2) is 5.32. The number of nitrogens with zero attached hydrogens (tertiary/aromatic N) is 2. The highest BCUT2D eigenvalue weighted by atomic mass is 16.4. The first-order chi connectivity index (χ1) is 7.06. The third-order valence-electron chi connectivity index (χ3n) is 3.10. The average Bonchev–Trinajstić information content (AvgIpc) is 3.06. The lowest BCUT2D eigenvalue weighted by molar-refractivity contribution is 0.239. The Morgan fingerprint density at radius 1 is 1.60 bits per heavy atom. The fourth-order valence-corrected chi connectivity index (χ4v) is 1.52. The molecule has 1 saturated carbocycles. The fraction of sp³-hybridized carbons (Fsp3) is 0.900. The lowest BCUT2D eigenvalue weighted by Gasteiger charge is -2.26. The van der Waals surface area contributed by atoms with Gasteiger partial charge in [0.15, 0.2) is 5.84 Å². The maximum atomic E-state index is 8.49. The number of nitrogens with two attached hydrogens (primary N) is 1. The molecule has 0 bridgehead atoms. The van der Waals surface area contributed by atoms with Crippen LogP contribution in [0.4, 0.5) is 0 Å². The predicted octanol–water partition coefficient (Wildman–Crippen LogP) is 0.194. The number of likely N-dealkylation sites (N-methyl/N-ethyl adjacent to an activating group) is 1.